The maximum absolute atomic E-state index is 12.7. The van der Waals surface area contributed by atoms with Gasteiger partial charge in [-0.1, -0.05) is 54.6 Å². The van der Waals surface area contributed by atoms with Gasteiger partial charge in [0.25, 0.3) is 0 Å². The monoisotopic (exact) mass is 452 g/mol. The Morgan fingerprint density at radius 2 is 1.53 bits per heavy atom. The number of nitrogens with one attached hydrogen (secondary N) is 2. The summed E-state index contributed by atoms with van der Waals surface area (Å²) in [6, 6.07) is 23.2. The summed E-state index contributed by atoms with van der Waals surface area (Å²) in [4.78, 5) is 12.4. The van der Waals surface area contributed by atoms with Crippen molar-refractivity contribution in [3.63, 3.8) is 0 Å². The van der Waals surface area contributed by atoms with Gasteiger partial charge in [-0.05, 0) is 54.3 Å². The van der Waals surface area contributed by atoms with Gasteiger partial charge in [-0.25, -0.2) is 13.1 Å². The standard InChI is InChI=1S/C25H28N2O4S/c1-19(22-6-4-3-5-7-22)27-32(29,30)24-15-10-20(11-16-24)12-17-25(28)26-18-21-8-13-23(31-2)14-9-21/h3-11,13-16,19,27H,12,17-18H2,1-2H3,(H,26,28). The molecule has 7 heteroatoms. The van der Waals surface area contributed by atoms with Gasteiger partial charge in [0.05, 0.1) is 12.0 Å². The molecule has 1 atom stereocenters. The van der Waals surface area contributed by atoms with Gasteiger partial charge in [-0.15, -0.1) is 0 Å². The van der Waals surface area contributed by atoms with E-state index in [9.17, 15) is 13.2 Å². The summed E-state index contributed by atoms with van der Waals surface area (Å²) in [6.07, 6.45) is 0.855. The first-order chi connectivity index (χ1) is 15.4. The van der Waals surface area contributed by atoms with E-state index in [1.807, 2.05) is 61.5 Å². The summed E-state index contributed by atoms with van der Waals surface area (Å²) in [7, 11) is -2.03. The Bertz CT molecular complexity index is 1110. The summed E-state index contributed by atoms with van der Waals surface area (Å²) >= 11 is 0. The second-order valence-corrected chi connectivity index (χ2v) is 9.24. The van der Waals surface area contributed by atoms with Crippen LogP contribution in [0.1, 0.15) is 36.1 Å². The van der Waals surface area contributed by atoms with Crippen LogP contribution < -0.4 is 14.8 Å². The molecule has 0 spiro atoms. The number of amides is 1. The van der Waals surface area contributed by atoms with Crippen molar-refractivity contribution in [1.82, 2.24) is 10.0 Å². The quantitative estimate of drug-likeness (QED) is 0.487. The van der Waals surface area contributed by atoms with Gasteiger partial charge < -0.3 is 10.1 Å². The smallest absolute Gasteiger partial charge is 0.241 e. The van der Waals surface area contributed by atoms with Gasteiger partial charge >= 0.3 is 0 Å². The maximum atomic E-state index is 12.7. The predicted octanol–water partition coefficient (Wildman–Crippen LogP) is 3.98. The zero-order valence-electron chi connectivity index (χ0n) is 18.2. The van der Waals surface area contributed by atoms with Crippen molar-refractivity contribution in [1.29, 1.82) is 0 Å². The molecule has 0 radical (unpaired) electrons. The molecule has 0 aliphatic heterocycles. The molecule has 0 bridgehead atoms. The van der Waals surface area contributed by atoms with E-state index < -0.39 is 10.0 Å². The number of hydrogen-bond donors (Lipinski definition) is 2. The molecule has 1 unspecified atom stereocenters. The molecule has 0 heterocycles. The summed E-state index contributed by atoms with van der Waals surface area (Å²) < 4.78 is 33.2. The van der Waals surface area contributed by atoms with Gasteiger partial charge in [0.15, 0.2) is 0 Å². The average molecular weight is 453 g/mol. The first-order valence-corrected chi connectivity index (χ1v) is 11.9. The normalized spacial score (nSPS) is 12.2. The minimum atomic E-state index is -3.64. The van der Waals surface area contributed by atoms with E-state index in [1.165, 1.54) is 0 Å². The number of hydrogen-bond acceptors (Lipinski definition) is 4. The predicted molar refractivity (Wildman–Crippen MR) is 125 cm³/mol. The van der Waals surface area contributed by atoms with E-state index in [0.29, 0.717) is 19.4 Å². The summed E-state index contributed by atoms with van der Waals surface area (Å²) in [5.41, 5.74) is 2.79. The number of aryl methyl sites for hydroxylation is 1. The number of carbonyl (C=O) groups excluding carboxylic acids is 1. The summed E-state index contributed by atoms with van der Waals surface area (Å²) in [5, 5.41) is 2.89. The van der Waals surface area contributed by atoms with Crippen LogP contribution in [0.15, 0.2) is 83.8 Å². The molecule has 1 amide bonds. The lowest BCUT2D eigenvalue weighted by Gasteiger charge is -2.15. The average Bonchev–Trinajstić information content (AvgIpc) is 2.82. The van der Waals surface area contributed by atoms with Crippen LogP contribution in [0, 0.1) is 0 Å². The fraction of sp³-hybridized carbons (Fsp3) is 0.240. The van der Waals surface area contributed by atoms with Gasteiger partial charge in [0.1, 0.15) is 5.75 Å². The molecular weight excluding hydrogens is 424 g/mol. The van der Waals surface area contributed by atoms with Crippen LogP contribution in [-0.2, 0) is 27.8 Å². The zero-order chi connectivity index (χ0) is 23.0. The van der Waals surface area contributed by atoms with Crippen molar-refractivity contribution in [2.24, 2.45) is 0 Å². The zero-order valence-corrected chi connectivity index (χ0v) is 19.1. The van der Waals surface area contributed by atoms with Crippen LogP contribution in [0.4, 0.5) is 0 Å². The van der Waals surface area contributed by atoms with Crippen molar-refractivity contribution in [3.05, 3.63) is 95.6 Å². The van der Waals surface area contributed by atoms with E-state index >= 15 is 0 Å². The Hall–Kier alpha value is -3.16. The third-order valence-electron chi connectivity index (χ3n) is 5.15. The number of carbonyl (C=O) groups is 1. The van der Waals surface area contributed by atoms with Crippen molar-refractivity contribution in [2.75, 3.05) is 7.11 Å². The lowest BCUT2D eigenvalue weighted by atomic mass is 10.1. The van der Waals surface area contributed by atoms with Crippen LogP contribution in [0.5, 0.6) is 5.75 Å². The maximum Gasteiger partial charge on any atom is 0.241 e. The fourth-order valence-corrected chi connectivity index (χ4v) is 4.47. The van der Waals surface area contributed by atoms with Gasteiger partial charge in [0, 0.05) is 19.0 Å². The lowest BCUT2D eigenvalue weighted by molar-refractivity contribution is -0.121. The van der Waals surface area contributed by atoms with Crippen LogP contribution in [-0.4, -0.2) is 21.4 Å². The Morgan fingerprint density at radius 1 is 0.906 bits per heavy atom. The Labute approximate surface area is 189 Å². The van der Waals surface area contributed by atoms with Crippen molar-refractivity contribution < 1.29 is 17.9 Å². The van der Waals surface area contributed by atoms with E-state index in [4.69, 9.17) is 4.74 Å². The summed E-state index contributed by atoms with van der Waals surface area (Å²) in [6.45, 7) is 2.26. The Morgan fingerprint density at radius 3 is 2.16 bits per heavy atom. The first-order valence-electron chi connectivity index (χ1n) is 10.4. The Balaban J connectivity index is 1.49. The third-order valence-corrected chi connectivity index (χ3v) is 6.71. The highest BCUT2D eigenvalue weighted by molar-refractivity contribution is 7.89. The SMILES string of the molecule is COc1ccc(CNC(=O)CCc2ccc(S(=O)(=O)NC(C)c3ccccc3)cc2)cc1. The molecule has 3 aromatic carbocycles. The molecule has 0 saturated carbocycles. The minimum Gasteiger partial charge on any atom is -0.497 e. The number of benzene rings is 3. The van der Waals surface area contributed by atoms with Gasteiger partial charge in [-0.3, -0.25) is 4.79 Å². The van der Waals surface area contributed by atoms with E-state index in [0.717, 1.165) is 22.4 Å². The number of methoxy groups -OCH3 is 1. The van der Waals surface area contributed by atoms with E-state index in [-0.39, 0.29) is 16.8 Å². The molecule has 168 valence electrons. The van der Waals surface area contributed by atoms with E-state index in [1.54, 1.807) is 31.4 Å². The van der Waals surface area contributed by atoms with Gasteiger partial charge in [-0.2, -0.15) is 0 Å². The molecule has 2 N–H and O–H groups in total. The molecule has 0 saturated heterocycles. The van der Waals surface area contributed by atoms with Crippen molar-refractivity contribution in [3.8, 4) is 5.75 Å². The molecule has 0 aromatic heterocycles. The van der Waals surface area contributed by atoms with E-state index in [2.05, 4.69) is 10.0 Å². The molecule has 6 nitrogen and oxygen atoms in total. The Kier molecular flexibility index (Phi) is 8.03. The number of rotatable bonds is 10. The number of sulfonamides is 1. The highest BCUT2D eigenvalue weighted by Crippen LogP contribution is 2.18. The lowest BCUT2D eigenvalue weighted by Crippen LogP contribution is -2.26. The van der Waals surface area contributed by atoms with Crippen LogP contribution >= 0.6 is 0 Å². The van der Waals surface area contributed by atoms with Crippen molar-refractivity contribution in [2.45, 2.75) is 37.2 Å². The molecule has 32 heavy (non-hydrogen) atoms. The van der Waals surface area contributed by atoms with Crippen molar-refractivity contribution >= 4 is 15.9 Å². The third kappa shape index (κ3) is 6.67. The molecule has 0 aliphatic rings. The summed E-state index contributed by atoms with van der Waals surface area (Å²) in [5.74, 6) is 0.714. The molecule has 3 rings (SSSR count). The highest BCUT2D eigenvalue weighted by atomic mass is 32.2. The fourth-order valence-electron chi connectivity index (χ4n) is 3.24. The minimum absolute atomic E-state index is 0.0594. The molecule has 0 aliphatic carbocycles. The van der Waals surface area contributed by atoms with Crippen LogP contribution in [0.25, 0.3) is 0 Å². The largest absolute Gasteiger partial charge is 0.497 e. The topological polar surface area (TPSA) is 84.5 Å². The molecule has 0 fully saturated rings. The van der Waals surface area contributed by atoms with Gasteiger partial charge in [0.2, 0.25) is 15.9 Å². The molecule has 3 aromatic rings. The highest BCUT2D eigenvalue weighted by Gasteiger charge is 2.18. The van der Waals surface area contributed by atoms with Crippen LogP contribution in [0.2, 0.25) is 0 Å². The first kappa shape index (κ1) is 23.5. The number of ether oxygens (including phenoxy) is 1. The second kappa shape index (κ2) is 10.9. The van der Waals surface area contributed by atoms with Crippen LogP contribution in [0.3, 0.4) is 0 Å². The second-order valence-electron chi connectivity index (χ2n) is 7.52. The molecular formula is C25H28N2O4S.